The third-order valence-electron chi connectivity index (χ3n) is 5.00. The first-order valence-electron chi connectivity index (χ1n) is 9.34. The number of amides is 1. The lowest BCUT2D eigenvalue weighted by atomic mass is 9.97. The van der Waals surface area contributed by atoms with Gasteiger partial charge in [-0.15, -0.1) is 11.8 Å². The van der Waals surface area contributed by atoms with Gasteiger partial charge in [0, 0.05) is 38.0 Å². The van der Waals surface area contributed by atoms with E-state index < -0.39 is 14.9 Å². The molecule has 0 spiro atoms. The van der Waals surface area contributed by atoms with Crippen molar-refractivity contribution in [3.05, 3.63) is 58.3 Å². The Hall–Kier alpha value is -2.50. The molecule has 0 aliphatic carbocycles. The molecule has 0 bridgehead atoms. The largest absolute Gasteiger partial charge is 0.339 e. The minimum atomic E-state index is -3.84. The second-order valence-electron chi connectivity index (χ2n) is 6.90. The second kappa shape index (κ2) is 9.54. The number of hydrogen-bond donors (Lipinski definition) is 1. The summed E-state index contributed by atoms with van der Waals surface area (Å²) in [6.45, 7) is 1.28. The Bertz CT molecular complexity index is 1040. The van der Waals surface area contributed by atoms with Crippen LogP contribution in [0.4, 0.5) is 5.69 Å². The Balaban J connectivity index is 1.56. The standard InChI is InChI=1S/C19H22N4O5S2/c1-29-18-17(6-3-9-20-18)19(24)22-10-7-14(8-11-22)13-21-30(27,28)16-5-2-4-15(12-16)23(25)26/h2-6,9,12,14,21H,7-8,10-11,13H2,1H3. The Morgan fingerprint density at radius 3 is 2.70 bits per heavy atom. The van der Waals surface area contributed by atoms with Crippen molar-refractivity contribution in [3.8, 4) is 0 Å². The van der Waals surface area contributed by atoms with Gasteiger partial charge in [-0.25, -0.2) is 18.1 Å². The van der Waals surface area contributed by atoms with Gasteiger partial charge in [0.1, 0.15) is 5.03 Å². The molecule has 11 heteroatoms. The molecule has 2 aromatic rings. The highest BCUT2D eigenvalue weighted by molar-refractivity contribution is 7.98. The van der Waals surface area contributed by atoms with Crippen LogP contribution >= 0.6 is 11.8 Å². The van der Waals surface area contributed by atoms with Crippen molar-refractivity contribution in [2.75, 3.05) is 25.9 Å². The first kappa shape index (κ1) is 22.2. The SMILES string of the molecule is CSc1ncccc1C(=O)N1CCC(CNS(=O)(=O)c2cccc([N+](=O)[O-])c2)CC1. The molecule has 3 rings (SSSR count). The van der Waals surface area contributed by atoms with Crippen molar-refractivity contribution >= 4 is 33.4 Å². The summed E-state index contributed by atoms with van der Waals surface area (Å²) in [6, 6.07) is 8.46. The van der Waals surface area contributed by atoms with Crippen molar-refractivity contribution in [2.45, 2.75) is 22.8 Å². The summed E-state index contributed by atoms with van der Waals surface area (Å²) in [4.78, 5) is 28.9. The maximum Gasteiger partial charge on any atom is 0.270 e. The molecule has 0 radical (unpaired) electrons. The van der Waals surface area contributed by atoms with Gasteiger partial charge < -0.3 is 4.90 Å². The van der Waals surface area contributed by atoms with Gasteiger partial charge in [-0.1, -0.05) is 6.07 Å². The molecule has 1 amide bonds. The quantitative estimate of drug-likeness (QED) is 0.391. The van der Waals surface area contributed by atoms with Crippen LogP contribution < -0.4 is 4.72 Å². The summed E-state index contributed by atoms with van der Waals surface area (Å²) < 4.78 is 27.5. The average molecular weight is 451 g/mol. The van der Waals surface area contributed by atoms with E-state index in [1.807, 2.05) is 6.26 Å². The molecule has 30 heavy (non-hydrogen) atoms. The molecule has 0 saturated carbocycles. The number of benzene rings is 1. The van der Waals surface area contributed by atoms with Gasteiger partial charge in [0.05, 0.1) is 15.4 Å². The van der Waals surface area contributed by atoms with Crippen LogP contribution in [0.1, 0.15) is 23.2 Å². The number of carbonyl (C=O) groups is 1. The highest BCUT2D eigenvalue weighted by Crippen LogP contribution is 2.23. The number of hydrogen-bond acceptors (Lipinski definition) is 7. The highest BCUT2D eigenvalue weighted by Gasteiger charge is 2.26. The zero-order valence-corrected chi connectivity index (χ0v) is 18.0. The van der Waals surface area contributed by atoms with Gasteiger partial charge in [0.25, 0.3) is 11.6 Å². The lowest BCUT2D eigenvalue weighted by Gasteiger charge is -2.32. The van der Waals surface area contributed by atoms with Crippen molar-refractivity contribution in [1.82, 2.24) is 14.6 Å². The monoisotopic (exact) mass is 450 g/mol. The van der Waals surface area contributed by atoms with Crippen molar-refractivity contribution in [2.24, 2.45) is 5.92 Å². The first-order valence-corrected chi connectivity index (χ1v) is 12.0. The van der Waals surface area contributed by atoms with Crippen molar-refractivity contribution in [3.63, 3.8) is 0 Å². The molecule has 1 fully saturated rings. The maximum atomic E-state index is 12.8. The van der Waals surface area contributed by atoms with E-state index >= 15 is 0 Å². The first-order chi connectivity index (χ1) is 14.3. The number of thioether (sulfide) groups is 1. The molecule has 1 aromatic heterocycles. The molecular formula is C19H22N4O5S2. The molecule has 2 heterocycles. The third-order valence-corrected chi connectivity index (χ3v) is 7.13. The average Bonchev–Trinajstić information content (AvgIpc) is 2.77. The van der Waals surface area contributed by atoms with E-state index in [4.69, 9.17) is 0 Å². The molecule has 1 aliphatic rings. The van der Waals surface area contributed by atoms with Crippen molar-refractivity contribution in [1.29, 1.82) is 0 Å². The molecule has 160 valence electrons. The summed E-state index contributed by atoms with van der Waals surface area (Å²) in [5.74, 6) is 0.0134. The van der Waals surface area contributed by atoms with Crippen LogP contribution in [0.3, 0.4) is 0 Å². The fourth-order valence-corrected chi connectivity index (χ4v) is 5.00. The number of piperidine rings is 1. The number of likely N-dealkylation sites (tertiary alicyclic amines) is 1. The van der Waals surface area contributed by atoms with Gasteiger partial charge in [-0.3, -0.25) is 14.9 Å². The normalized spacial score (nSPS) is 15.2. The van der Waals surface area contributed by atoms with E-state index in [-0.39, 0.29) is 29.0 Å². The highest BCUT2D eigenvalue weighted by atomic mass is 32.2. The molecular weight excluding hydrogens is 428 g/mol. The van der Waals surface area contributed by atoms with Crippen LogP contribution in [0, 0.1) is 16.0 Å². The van der Waals surface area contributed by atoms with E-state index in [2.05, 4.69) is 9.71 Å². The summed E-state index contributed by atoms with van der Waals surface area (Å²) in [7, 11) is -3.84. The van der Waals surface area contributed by atoms with Gasteiger partial charge in [-0.05, 0) is 43.2 Å². The lowest BCUT2D eigenvalue weighted by Crippen LogP contribution is -2.41. The van der Waals surface area contributed by atoms with Gasteiger partial charge in [-0.2, -0.15) is 0 Å². The Labute approximate surface area is 179 Å². The summed E-state index contributed by atoms with van der Waals surface area (Å²) in [6.07, 6.45) is 4.86. The molecule has 0 atom stereocenters. The zero-order chi connectivity index (χ0) is 21.7. The summed E-state index contributed by atoms with van der Waals surface area (Å²) in [5, 5.41) is 11.6. The predicted octanol–water partition coefficient (Wildman–Crippen LogP) is 2.54. The zero-order valence-electron chi connectivity index (χ0n) is 16.4. The fourth-order valence-electron chi connectivity index (χ4n) is 3.30. The van der Waals surface area contributed by atoms with Gasteiger partial charge >= 0.3 is 0 Å². The summed E-state index contributed by atoms with van der Waals surface area (Å²) >= 11 is 1.42. The number of non-ortho nitro benzene ring substituents is 1. The van der Waals surface area contributed by atoms with Crippen LogP contribution in [-0.2, 0) is 10.0 Å². The van der Waals surface area contributed by atoms with Crippen LogP contribution in [-0.4, -0.2) is 55.0 Å². The van der Waals surface area contributed by atoms with E-state index in [9.17, 15) is 23.3 Å². The minimum Gasteiger partial charge on any atom is -0.339 e. The molecule has 0 unspecified atom stereocenters. The molecule has 1 aliphatic heterocycles. The predicted molar refractivity (Wildman–Crippen MR) is 113 cm³/mol. The maximum absolute atomic E-state index is 12.8. The molecule has 1 aromatic carbocycles. The smallest absolute Gasteiger partial charge is 0.270 e. The Morgan fingerprint density at radius 2 is 2.03 bits per heavy atom. The van der Waals surface area contributed by atoms with Gasteiger partial charge in [0.2, 0.25) is 10.0 Å². The number of nitrogens with one attached hydrogen (secondary N) is 1. The van der Waals surface area contributed by atoms with E-state index in [1.54, 1.807) is 23.2 Å². The number of nitro groups is 1. The van der Waals surface area contributed by atoms with Crippen LogP contribution in [0.25, 0.3) is 0 Å². The molecule has 1 saturated heterocycles. The topological polar surface area (TPSA) is 123 Å². The minimum absolute atomic E-state index is 0.0666. The van der Waals surface area contributed by atoms with E-state index in [0.29, 0.717) is 36.5 Å². The Morgan fingerprint density at radius 1 is 1.30 bits per heavy atom. The van der Waals surface area contributed by atoms with Crippen molar-refractivity contribution < 1.29 is 18.1 Å². The van der Waals surface area contributed by atoms with E-state index in [0.717, 1.165) is 6.07 Å². The van der Waals surface area contributed by atoms with Crippen LogP contribution in [0.15, 0.2) is 52.5 Å². The number of pyridine rings is 1. The third kappa shape index (κ3) is 5.15. The molecule has 1 N–H and O–H groups in total. The number of nitrogens with zero attached hydrogens (tertiary/aromatic N) is 3. The number of sulfonamides is 1. The molecule has 9 nitrogen and oxygen atoms in total. The second-order valence-corrected chi connectivity index (χ2v) is 9.46. The number of rotatable bonds is 7. The van der Waals surface area contributed by atoms with Crippen LogP contribution in [0.2, 0.25) is 0 Å². The van der Waals surface area contributed by atoms with Gasteiger partial charge in [0.15, 0.2) is 0 Å². The summed E-state index contributed by atoms with van der Waals surface area (Å²) in [5.41, 5.74) is 0.305. The number of carbonyl (C=O) groups excluding carboxylic acids is 1. The number of aromatic nitrogens is 1. The lowest BCUT2D eigenvalue weighted by molar-refractivity contribution is -0.385. The fraction of sp³-hybridized carbons (Fsp3) is 0.368. The van der Waals surface area contributed by atoms with E-state index in [1.165, 1.54) is 30.0 Å². The van der Waals surface area contributed by atoms with Crippen LogP contribution in [0.5, 0.6) is 0 Å². The Kier molecular flexibility index (Phi) is 7.06. The number of nitro benzene ring substituents is 1.